The zero-order chi connectivity index (χ0) is 10.1. The molecule has 0 aliphatic carbocycles. The number of alkyl halides is 2. The summed E-state index contributed by atoms with van der Waals surface area (Å²) in [5, 5.41) is 8.45. The average Bonchev–Trinajstić information content (AvgIpc) is 2.09. The molecule has 1 N–H and O–H groups in total. The number of aryl methyl sites for hydroxylation is 1. The Morgan fingerprint density at radius 3 is 2.54 bits per heavy atom. The maximum Gasteiger partial charge on any atom is 0.295 e. The van der Waals surface area contributed by atoms with Gasteiger partial charge in [0.15, 0.2) is 0 Å². The van der Waals surface area contributed by atoms with Crippen LogP contribution in [-0.2, 0) is 5.92 Å². The van der Waals surface area contributed by atoms with Gasteiger partial charge in [-0.15, -0.1) is 0 Å². The number of aliphatic hydroxyl groups is 1. The summed E-state index contributed by atoms with van der Waals surface area (Å²) in [6.07, 6.45) is 0. The number of hydrogen-bond acceptors (Lipinski definition) is 1. The van der Waals surface area contributed by atoms with E-state index in [2.05, 4.69) is 15.9 Å². The topological polar surface area (TPSA) is 20.2 Å². The molecule has 0 radical (unpaired) electrons. The van der Waals surface area contributed by atoms with Crippen molar-refractivity contribution in [3.05, 3.63) is 33.8 Å². The van der Waals surface area contributed by atoms with E-state index in [9.17, 15) is 8.78 Å². The third-order valence-corrected chi connectivity index (χ3v) is 2.67. The van der Waals surface area contributed by atoms with Gasteiger partial charge >= 0.3 is 0 Å². The average molecular weight is 251 g/mol. The molecule has 1 rings (SSSR count). The van der Waals surface area contributed by atoms with Gasteiger partial charge in [0.05, 0.1) is 0 Å². The van der Waals surface area contributed by atoms with E-state index in [0.717, 1.165) is 10.0 Å². The monoisotopic (exact) mass is 250 g/mol. The van der Waals surface area contributed by atoms with Crippen LogP contribution >= 0.6 is 15.9 Å². The predicted molar refractivity (Wildman–Crippen MR) is 49.9 cm³/mol. The van der Waals surface area contributed by atoms with E-state index in [1.165, 1.54) is 12.1 Å². The lowest BCUT2D eigenvalue weighted by molar-refractivity contribution is -0.0556. The van der Waals surface area contributed by atoms with Gasteiger partial charge in [-0.3, -0.25) is 0 Å². The van der Waals surface area contributed by atoms with Crippen LogP contribution in [0.5, 0.6) is 0 Å². The molecule has 1 nitrogen and oxygen atoms in total. The van der Waals surface area contributed by atoms with Gasteiger partial charge in [-0.25, -0.2) is 0 Å². The van der Waals surface area contributed by atoms with E-state index in [0.29, 0.717) is 0 Å². The molecule has 1 aromatic rings. The summed E-state index contributed by atoms with van der Waals surface area (Å²) in [6, 6.07) is 4.21. The molecule has 0 unspecified atom stereocenters. The molecule has 0 saturated heterocycles. The Balaban J connectivity index is 3.10. The van der Waals surface area contributed by atoms with Gasteiger partial charge in [0.25, 0.3) is 5.92 Å². The number of rotatable bonds is 2. The van der Waals surface area contributed by atoms with Gasteiger partial charge in [0.1, 0.15) is 6.61 Å². The number of hydrogen-bond donors (Lipinski definition) is 1. The first-order valence-corrected chi connectivity index (χ1v) is 4.52. The summed E-state index contributed by atoms with van der Waals surface area (Å²) >= 11 is 3.21. The van der Waals surface area contributed by atoms with Crippen LogP contribution in [0.25, 0.3) is 0 Å². The van der Waals surface area contributed by atoms with Crippen LogP contribution < -0.4 is 0 Å². The normalized spacial score (nSPS) is 11.8. The third-order valence-electron chi connectivity index (χ3n) is 1.78. The van der Waals surface area contributed by atoms with Crippen LogP contribution in [0.2, 0.25) is 0 Å². The summed E-state index contributed by atoms with van der Waals surface area (Å²) < 4.78 is 26.6. The van der Waals surface area contributed by atoms with E-state index in [-0.39, 0.29) is 5.56 Å². The fourth-order valence-corrected chi connectivity index (χ4v) is 1.21. The fraction of sp³-hybridized carbons (Fsp3) is 0.333. The number of benzene rings is 1. The highest BCUT2D eigenvalue weighted by atomic mass is 79.9. The fourth-order valence-electron chi connectivity index (χ4n) is 0.963. The van der Waals surface area contributed by atoms with Crippen LogP contribution in [0, 0.1) is 6.92 Å². The second-order valence-electron chi connectivity index (χ2n) is 2.83. The first-order valence-electron chi connectivity index (χ1n) is 3.72. The molecule has 0 spiro atoms. The minimum absolute atomic E-state index is 0.157. The second kappa shape index (κ2) is 3.72. The molecule has 0 amide bonds. The smallest absolute Gasteiger partial charge is 0.295 e. The predicted octanol–water partition coefficient (Wildman–Crippen LogP) is 2.84. The molecule has 72 valence electrons. The molecule has 1 aromatic carbocycles. The van der Waals surface area contributed by atoms with Gasteiger partial charge in [-0.05, 0) is 24.6 Å². The zero-order valence-corrected chi connectivity index (χ0v) is 8.61. The van der Waals surface area contributed by atoms with Gasteiger partial charge < -0.3 is 5.11 Å². The Hall–Kier alpha value is -0.480. The molecule has 4 heteroatoms. The highest BCUT2D eigenvalue weighted by Gasteiger charge is 2.30. The third kappa shape index (κ3) is 2.25. The molecule has 0 saturated carbocycles. The van der Waals surface area contributed by atoms with Crippen LogP contribution in [-0.4, -0.2) is 11.7 Å². The van der Waals surface area contributed by atoms with Gasteiger partial charge in [0.2, 0.25) is 0 Å². The summed E-state index contributed by atoms with van der Waals surface area (Å²) in [5.41, 5.74) is 0.571. The lowest BCUT2D eigenvalue weighted by Crippen LogP contribution is -2.18. The standard InChI is InChI=1S/C9H9BrF2O/c1-6-4-7(2-3-8(6)10)9(11,12)5-13/h2-4,13H,5H2,1H3. The summed E-state index contributed by atoms with van der Waals surface area (Å²) in [4.78, 5) is 0. The number of aliphatic hydroxyl groups excluding tert-OH is 1. The highest BCUT2D eigenvalue weighted by molar-refractivity contribution is 9.10. The molecule has 0 aliphatic heterocycles. The molecule has 0 heterocycles. The van der Waals surface area contributed by atoms with E-state index >= 15 is 0 Å². The Kier molecular flexibility index (Phi) is 3.03. The van der Waals surface area contributed by atoms with Crippen molar-refractivity contribution in [2.45, 2.75) is 12.8 Å². The van der Waals surface area contributed by atoms with E-state index in [1.54, 1.807) is 13.0 Å². The minimum atomic E-state index is -3.15. The van der Waals surface area contributed by atoms with Crippen molar-refractivity contribution in [1.29, 1.82) is 0 Å². The first-order chi connectivity index (χ1) is 5.97. The van der Waals surface area contributed by atoms with Crippen molar-refractivity contribution in [3.8, 4) is 0 Å². The molecule has 0 aliphatic rings. The lowest BCUT2D eigenvalue weighted by atomic mass is 10.1. The zero-order valence-electron chi connectivity index (χ0n) is 7.02. The molecule has 13 heavy (non-hydrogen) atoms. The van der Waals surface area contributed by atoms with Crippen molar-refractivity contribution in [3.63, 3.8) is 0 Å². The maximum absolute atomic E-state index is 12.9. The van der Waals surface area contributed by atoms with Crippen molar-refractivity contribution in [2.24, 2.45) is 0 Å². The van der Waals surface area contributed by atoms with Crippen LogP contribution in [0.15, 0.2) is 22.7 Å². The van der Waals surface area contributed by atoms with Crippen molar-refractivity contribution in [1.82, 2.24) is 0 Å². The van der Waals surface area contributed by atoms with E-state index < -0.39 is 12.5 Å². The Bertz CT molecular complexity index is 312. The molecule has 0 bridgehead atoms. The summed E-state index contributed by atoms with van der Waals surface area (Å²) in [6.45, 7) is 0.565. The van der Waals surface area contributed by atoms with Gasteiger partial charge in [-0.1, -0.05) is 22.0 Å². The van der Waals surface area contributed by atoms with E-state index in [4.69, 9.17) is 5.11 Å². The van der Waals surface area contributed by atoms with Gasteiger partial charge in [-0.2, -0.15) is 8.78 Å². The molecule has 0 atom stereocenters. The minimum Gasteiger partial charge on any atom is -0.390 e. The Morgan fingerprint density at radius 2 is 2.08 bits per heavy atom. The van der Waals surface area contributed by atoms with Crippen LogP contribution in [0.3, 0.4) is 0 Å². The lowest BCUT2D eigenvalue weighted by Gasteiger charge is -2.14. The van der Waals surface area contributed by atoms with Crippen molar-refractivity contribution < 1.29 is 13.9 Å². The highest BCUT2D eigenvalue weighted by Crippen LogP contribution is 2.29. The SMILES string of the molecule is Cc1cc(C(F)(F)CO)ccc1Br. The van der Waals surface area contributed by atoms with Crippen LogP contribution in [0.4, 0.5) is 8.78 Å². The maximum atomic E-state index is 12.9. The summed E-state index contributed by atoms with van der Waals surface area (Å²) in [7, 11) is 0. The summed E-state index contributed by atoms with van der Waals surface area (Å²) in [5.74, 6) is -3.15. The number of halogens is 3. The van der Waals surface area contributed by atoms with Crippen LogP contribution in [0.1, 0.15) is 11.1 Å². The molecule has 0 aromatic heterocycles. The first kappa shape index (κ1) is 10.6. The largest absolute Gasteiger partial charge is 0.390 e. The van der Waals surface area contributed by atoms with Crippen molar-refractivity contribution >= 4 is 15.9 Å². The van der Waals surface area contributed by atoms with E-state index in [1.807, 2.05) is 0 Å². The second-order valence-corrected chi connectivity index (χ2v) is 3.68. The van der Waals surface area contributed by atoms with Crippen molar-refractivity contribution in [2.75, 3.05) is 6.61 Å². The molecular formula is C9H9BrF2O. The molecular weight excluding hydrogens is 242 g/mol. The Morgan fingerprint density at radius 1 is 1.46 bits per heavy atom. The van der Waals surface area contributed by atoms with Gasteiger partial charge in [0, 0.05) is 10.0 Å². The Labute approximate surface area is 83.5 Å². The molecule has 0 fully saturated rings. The quantitative estimate of drug-likeness (QED) is 0.856.